The van der Waals surface area contributed by atoms with Crippen molar-refractivity contribution in [3.05, 3.63) is 23.8 Å². The van der Waals surface area contributed by atoms with E-state index >= 15 is 0 Å². The Morgan fingerprint density at radius 2 is 2.24 bits per heavy atom. The molecule has 1 N–H and O–H groups in total. The molecular weight excluding hydrogens is 216 g/mol. The summed E-state index contributed by atoms with van der Waals surface area (Å²) in [5, 5.41) is 3.05. The molecule has 4 nitrogen and oxygen atoms in total. The zero-order chi connectivity index (χ0) is 12.3. The molecule has 1 fully saturated rings. The minimum Gasteiger partial charge on any atom is -0.495 e. The Morgan fingerprint density at radius 3 is 2.76 bits per heavy atom. The maximum Gasteiger partial charge on any atom is 0.226 e. The molecule has 4 heteroatoms. The van der Waals surface area contributed by atoms with Gasteiger partial charge in [0.2, 0.25) is 5.91 Å². The first-order valence-electron chi connectivity index (χ1n) is 5.87. The van der Waals surface area contributed by atoms with Crippen LogP contribution in [0.4, 0.5) is 5.69 Å². The third kappa shape index (κ3) is 2.52. The minimum atomic E-state index is 0.204. The van der Waals surface area contributed by atoms with Gasteiger partial charge >= 0.3 is 0 Å². The molecule has 17 heavy (non-hydrogen) atoms. The third-order valence-corrected chi connectivity index (χ3v) is 3.10. The summed E-state index contributed by atoms with van der Waals surface area (Å²) in [5.74, 6) is 0.983. The number of carbonyl (C=O) groups excluding carboxylic acids is 1. The molecule has 0 radical (unpaired) electrons. The highest BCUT2D eigenvalue weighted by atomic mass is 16.5. The van der Waals surface area contributed by atoms with E-state index in [0.29, 0.717) is 6.42 Å². The Balaban J connectivity index is 2.07. The monoisotopic (exact) mass is 234 g/mol. The van der Waals surface area contributed by atoms with E-state index in [2.05, 4.69) is 5.32 Å². The number of rotatable bonds is 4. The van der Waals surface area contributed by atoms with Crippen LogP contribution in [0.5, 0.6) is 5.75 Å². The van der Waals surface area contributed by atoms with Gasteiger partial charge in [-0.2, -0.15) is 0 Å². The lowest BCUT2D eigenvalue weighted by molar-refractivity contribution is -0.133. The molecule has 1 heterocycles. The molecule has 0 spiro atoms. The lowest BCUT2D eigenvalue weighted by atomic mass is 10.1. The number of ether oxygens (including phenoxy) is 1. The van der Waals surface area contributed by atoms with Crippen LogP contribution < -0.4 is 10.1 Å². The van der Waals surface area contributed by atoms with E-state index in [-0.39, 0.29) is 5.91 Å². The quantitative estimate of drug-likeness (QED) is 0.858. The number of likely N-dealkylation sites (tertiary alicyclic amines) is 1. The van der Waals surface area contributed by atoms with Crippen LogP contribution in [0.2, 0.25) is 0 Å². The first kappa shape index (κ1) is 11.8. The fourth-order valence-electron chi connectivity index (χ4n) is 1.90. The van der Waals surface area contributed by atoms with E-state index in [4.69, 9.17) is 4.74 Å². The van der Waals surface area contributed by atoms with Gasteiger partial charge in [-0.3, -0.25) is 4.79 Å². The minimum absolute atomic E-state index is 0.204. The molecule has 2 rings (SSSR count). The van der Waals surface area contributed by atoms with Gasteiger partial charge in [0.1, 0.15) is 5.75 Å². The van der Waals surface area contributed by atoms with Crippen molar-refractivity contribution in [2.24, 2.45) is 0 Å². The Labute approximate surface area is 102 Å². The zero-order valence-corrected chi connectivity index (χ0v) is 10.3. The van der Waals surface area contributed by atoms with Crippen molar-refractivity contribution in [1.82, 2.24) is 4.90 Å². The maximum atomic E-state index is 11.8. The number of amides is 1. The summed E-state index contributed by atoms with van der Waals surface area (Å²) in [6.07, 6.45) is 1.59. The van der Waals surface area contributed by atoms with Gasteiger partial charge in [-0.05, 0) is 24.1 Å². The van der Waals surface area contributed by atoms with Crippen molar-refractivity contribution in [3.63, 3.8) is 0 Å². The van der Waals surface area contributed by atoms with E-state index in [9.17, 15) is 4.79 Å². The van der Waals surface area contributed by atoms with Crippen LogP contribution in [0, 0.1) is 0 Å². The summed E-state index contributed by atoms with van der Waals surface area (Å²) in [5.41, 5.74) is 1.94. The average Bonchev–Trinajstić information content (AvgIpc) is 2.26. The first-order valence-corrected chi connectivity index (χ1v) is 5.87. The second-order valence-corrected chi connectivity index (χ2v) is 4.20. The number of hydrogen-bond donors (Lipinski definition) is 1. The van der Waals surface area contributed by atoms with E-state index in [1.54, 1.807) is 7.11 Å². The summed E-state index contributed by atoms with van der Waals surface area (Å²) in [7, 11) is 3.49. The topological polar surface area (TPSA) is 41.6 Å². The molecule has 1 aromatic carbocycles. The molecule has 0 bridgehead atoms. The maximum absolute atomic E-state index is 11.8. The van der Waals surface area contributed by atoms with Crippen molar-refractivity contribution in [2.75, 3.05) is 32.6 Å². The standard InChI is InChI=1S/C13H18N2O2/c1-14-11-5-4-10(8-12(11)17-2)9-13(16)15-6-3-7-15/h4-5,8,14H,3,6-7,9H2,1-2H3. The second-order valence-electron chi connectivity index (χ2n) is 4.20. The molecule has 1 amide bonds. The highest BCUT2D eigenvalue weighted by Gasteiger charge is 2.20. The van der Waals surface area contributed by atoms with Gasteiger partial charge in [-0.15, -0.1) is 0 Å². The van der Waals surface area contributed by atoms with E-state index in [1.165, 1.54) is 0 Å². The van der Waals surface area contributed by atoms with E-state index in [1.807, 2.05) is 30.1 Å². The molecule has 0 saturated carbocycles. The zero-order valence-electron chi connectivity index (χ0n) is 10.3. The number of anilines is 1. The number of carbonyl (C=O) groups is 1. The molecule has 1 aromatic rings. The number of methoxy groups -OCH3 is 1. The number of nitrogens with one attached hydrogen (secondary N) is 1. The first-order chi connectivity index (χ1) is 8.24. The molecule has 0 atom stereocenters. The largest absolute Gasteiger partial charge is 0.495 e. The average molecular weight is 234 g/mol. The van der Waals surface area contributed by atoms with Crippen LogP contribution >= 0.6 is 0 Å². The summed E-state index contributed by atoms with van der Waals surface area (Å²) in [6, 6.07) is 5.83. The predicted molar refractivity (Wildman–Crippen MR) is 67.4 cm³/mol. The number of hydrogen-bond acceptors (Lipinski definition) is 3. The molecule has 92 valence electrons. The van der Waals surface area contributed by atoms with Gasteiger partial charge in [0.05, 0.1) is 19.2 Å². The molecule has 0 aliphatic carbocycles. The normalized spacial score (nSPS) is 14.1. The van der Waals surface area contributed by atoms with Crippen molar-refractivity contribution in [1.29, 1.82) is 0 Å². The molecule has 0 unspecified atom stereocenters. The smallest absolute Gasteiger partial charge is 0.226 e. The highest BCUT2D eigenvalue weighted by molar-refractivity contribution is 5.79. The lowest BCUT2D eigenvalue weighted by Gasteiger charge is -2.31. The highest BCUT2D eigenvalue weighted by Crippen LogP contribution is 2.25. The Hall–Kier alpha value is -1.71. The molecule has 1 aliphatic heterocycles. The van der Waals surface area contributed by atoms with Crippen LogP contribution in [0.15, 0.2) is 18.2 Å². The molecule has 0 aromatic heterocycles. The fraction of sp³-hybridized carbons (Fsp3) is 0.462. The van der Waals surface area contributed by atoms with Gasteiger partial charge in [0, 0.05) is 20.1 Å². The second kappa shape index (κ2) is 5.08. The van der Waals surface area contributed by atoms with Crippen molar-refractivity contribution in [2.45, 2.75) is 12.8 Å². The van der Waals surface area contributed by atoms with E-state index < -0.39 is 0 Å². The fourth-order valence-corrected chi connectivity index (χ4v) is 1.90. The van der Waals surface area contributed by atoms with Crippen LogP contribution in [0.1, 0.15) is 12.0 Å². The Bertz CT molecular complexity index is 414. The summed E-state index contributed by atoms with van der Waals surface area (Å²) >= 11 is 0. The van der Waals surface area contributed by atoms with Crippen molar-refractivity contribution < 1.29 is 9.53 Å². The van der Waals surface area contributed by atoms with Crippen molar-refractivity contribution in [3.8, 4) is 5.75 Å². The lowest BCUT2D eigenvalue weighted by Crippen LogP contribution is -2.42. The van der Waals surface area contributed by atoms with E-state index in [0.717, 1.165) is 36.5 Å². The Kier molecular flexibility index (Phi) is 3.52. The molecule has 1 saturated heterocycles. The summed E-state index contributed by atoms with van der Waals surface area (Å²) in [4.78, 5) is 13.7. The van der Waals surface area contributed by atoms with Crippen LogP contribution in [0.25, 0.3) is 0 Å². The number of nitrogens with zero attached hydrogens (tertiary/aromatic N) is 1. The third-order valence-electron chi connectivity index (χ3n) is 3.10. The van der Waals surface area contributed by atoms with Gasteiger partial charge in [-0.25, -0.2) is 0 Å². The summed E-state index contributed by atoms with van der Waals surface area (Å²) < 4.78 is 5.27. The van der Waals surface area contributed by atoms with Crippen LogP contribution in [0.3, 0.4) is 0 Å². The van der Waals surface area contributed by atoms with Gasteiger partial charge < -0.3 is 15.0 Å². The molecule has 1 aliphatic rings. The van der Waals surface area contributed by atoms with Crippen molar-refractivity contribution >= 4 is 11.6 Å². The van der Waals surface area contributed by atoms with Crippen LogP contribution in [-0.4, -0.2) is 38.1 Å². The number of benzene rings is 1. The van der Waals surface area contributed by atoms with Crippen LogP contribution in [-0.2, 0) is 11.2 Å². The van der Waals surface area contributed by atoms with Gasteiger partial charge in [0.15, 0.2) is 0 Å². The summed E-state index contributed by atoms with van der Waals surface area (Å²) in [6.45, 7) is 1.81. The Morgan fingerprint density at radius 1 is 1.47 bits per heavy atom. The molecular formula is C13H18N2O2. The predicted octanol–water partition coefficient (Wildman–Crippen LogP) is 1.51. The van der Waals surface area contributed by atoms with Gasteiger partial charge in [0.25, 0.3) is 0 Å². The SMILES string of the molecule is CNc1ccc(CC(=O)N2CCC2)cc1OC. The van der Waals surface area contributed by atoms with Gasteiger partial charge in [-0.1, -0.05) is 6.07 Å².